The van der Waals surface area contributed by atoms with Crippen LogP contribution in [-0.4, -0.2) is 6.29 Å². The van der Waals surface area contributed by atoms with E-state index in [4.69, 9.17) is 0 Å². The molecule has 0 aromatic heterocycles. The van der Waals surface area contributed by atoms with Gasteiger partial charge >= 0.3 is 0 Å². The highest BCUT2D eigenvalue weighted by Crippen LogP contribution is 2.27. The third-order valence-electron chi connectivity index (χ3n) is 2.93. The minimum Gasteiger partial charge on any atom is -0.303 e. The topological polar surface area (TPSA) is 17.1 Å². The molecule has 0 fully saturated rings. The summed E-state index contributed by atoms with van der Waals surface area (Å²) in [5, 5.41) is 0. The molecule has 1 aliphatic carbocycles. The molecule has 0 spiro atoms. The molecule has 0 heterocycles. The summed E-state index contributed by atoms with van der Waals surface area (Å²) in [5.41, 5.74) is 2.33. The first-order valence-electron chi connectivity index (χ1n) is 5.00. The first-order chi connectivity index (χ1) is 6.79. The van der Waals surface area contributed by atoms with Gasteiger partial charge in [-0.15, -0.1) is 0 Å². The number of aldehydes is 1. The van der Waals surface area contributed by atoms with Gasteiger partial charge in [0.25, 0.3) is 0 Å². The van der Waals surface area contributed by atoms with E-state index in [0.717, 1.165) is 31.1 Å². The largest absolute Gasteiger partial charge is 0.303 e. The van der Waals surface area contributed by atoms with Gasteiger partial charge in [-0.3, -0.25) is 0 Å². The Morgan fingerprint density at radius 2 is 2.29 bits per heavy atom. The van der Waals surface area contributed by atoms with Crippen molar-refractivity contribution >= 4 is 6.29 Å². The number of hydrogen-bond acceptors (Lipinski definition) is 1. The summed E-state index contributed by atoms with van der Waals surface area (Å²) in [7, 11) is 0. The Bertz CT molecular complexity index is 346. The van der Waals surface area contributed by atoms with Crippen LogP contribution < -0.4 is 0 Å². The van der Waals surface area contributed by atoms with Gasteiger partial charge in [0.1, 0.15) is 12.1 Å². The molecule has 14 heavy (non-hydrogen) atoms. The lowest BCUT2D eigenvalue weighted by Gasteiger charge is -2.22. The van der Waals surface area contributed by atoms with Gasteiger partial charge in [0.05, 0.1) is 0 Å². The lowest BCUT2D eigenvalue weighted by Crippen LogP contribution is -2.14. The van der Waals surface area contributed by atoms with Crippen molar-refractivity contribution in [2.24, 2.45) is 5.92 Å². The van der Waals surface area contributed by atoms with Crippen molar-refractivity contribution in [2.75, 3.05) is 0 Å². The van der Waals surface area contributed by atoms with Crippen LogP contribution in [0.5, 0.6) is 0 Å². The normalized spacial score (nSPS) is 20.2. The van der Waals surface area contributed by atoms with E-state index in [1.54, 1.807) is 6.07 Å². The summed E-state index contributed by atoms with van der Waals surface area (Å²) in [4.78, 5) is 10.4. The summed E-state index contributed by atoms with van der Waals surface area (Å²) >= 11 is 0. The summed E-state index contributed by atoms with van der Waals surface area (Å²) < 4.78 is 12.9. The molecule has 1 aliphatic rings. The van der Waals surface area contributed by atoms with E-state index in [2.05, 4.69) is 0 Å². The highest BCUT2D eigenvalue weighted by atomic mass is 19.1. The van der Waals surface area contributed by atoms with E-state index in [0.29, 0.717) is 12.3 Å². The average Bonchev–Trinajstić information content (AvgIpc) is 2.17. The van der Waals surface area contributed by atoms with Crippen molar-refractivity contribution in [1.29, 1.82) is 0 Å². The highest BCUT2D eigenvalue weighted by Gasteiger charge is 2.18. The zero-order valence-corrected chi connectivity index (χ0v) is 8.00. The van der Waals surface area contributed by atoms with Gasteiger partial charge < -0.3 is 4.79 Å². The maximum absolute atomic E-state index is 12.9. The minimum atomic E-state index is -0.171. The van der Waals surface area contributed by atoms with Crippen molar-refractivity contribution in [2.45, 2.75) is 25.7 Å². The number of carbonyl (C=O) groups is 1. The Labute approximate surface area is 82.9 Å². The molecule has 1 aromatic rings. The second-order valence-corrected chi connectivity index (χ2v) is 3.92. The lowest BCUT2D eigenvalue weighted by molar-refractivity contribution is -0.108. The maximum Gasteiger partial charge on any atom is 0.123 e. The van der Waals surface area contributed by atoms with Gasteiger partial charge in [-0.05, 0) is 48.4 Å². The molecule has 0 radical (unpaired) electrons. The van der Waals surface area contributed by atoms with Crippen molar-refractivity contribution in [3.63, 3.8) is 0 Å². The quantitative estimate of drug-likeness (QED) is 0.658. The van der Waals surface area contributed by atoms with Crippen molar-refractivity contribution in [3.8, 4) is 0 Å². The highest BCUT2D eigenvalue weighted by molar-refractivity contribution is 5.50. The van der Waals surface area contributed by atoms with Crippen molar-refractivity contribution in [1.82, 2.24) is 0 Å². The van der Waals surface area contributed by atoms with Gasteiger partial charge in [-0.2, -0.15) is 0 Å². The number of aryl methyl sites for hydroxylation is 1. The summed E-state index contributed by atoms with van der Waals surface area (Å²) in [6.45, 7) is 0. The number of carbonyl (C=O) groups excluding carboxylic acids is 1. The smallest absolute Gasteiger partial charge is 0.123 e. The summed E-state index contributed by atoms with van der Waals surface area (Å²) in [6.07, 6.45) is 4.46. The molecule has 0 bridgehead atoms. The average molecular weight is 192 g/mol. The molecular formula is C12H13FO. The lowest BCUT2D eigenvalue weighted by atomic mass is 9.82. The summed E-state index contributed by atoms with van der Waals surface area (Å²) in [5.74, 6) is 0.248. The predicted molar refractivity (Wildman–Crippen MR) is 52.6 cm³/mol. The third kappa shape index (κ3) is 1.84. The van der Waals surface area contributed by atoms with Crippen LogP contribution in [0.15, 0.2) is 18.2 Å². The van der Waals surface area contributed by atoms with Gasteiger partial charge in [-0.1, -0.05) is 6.07 Å². The van der Waals surface area contributed by atoms with E-state index >= 15 is 0 Å². The van der Waals surface area contributed by atoms with Crippen LogP contribution in [0.3, 0.4) is 0 Å². The monoisotopic (exact) mass is 192 g/mol. The van der Waals surface area contributed by atoms with Crippen LogP contribution in [0.2, 0.25) is 0 Å². The number of rotatable bonds is 2. The van der Waals surface area contributed by atoms with Gasteiger partial charge in [0.15, 0.2) is 0 Å². The number of benzene rings is 1. The molecule has 1 atom stereocenters. The van der Waals surface area contributed by atoms with Gasteiger partial charge in [0.2, 0.25) is 0 Å². The number of fused-ring (bicyclic) bond motifs is 1. The molecule has 74 valence electrons. The van der Waals surface area contributed by atoms with Gasteiger partial charge in [-0.25, -0.2) is 4.39 Å². The van der Waals surface area contributed by atoms with Crippen LogP contribution >= 0.6 is 0 Å². The second-order valence-electron chi connectivity index (χ2n) is 3.92. The van der Waals surface area contributed by atoms with Crippen LogP contribution in [-0.2, 0) is 17.6 Å². The standard InChI is InChI=1S/C12H13FO/c13-12-4-3-10-2-1-9(5-6-14)7-11(10)8-12/h3-4,6,8-9H,1-2,5,7H2. The number of halogens is 1. The fourth-order valence-electron chi connectivity index (χ4n) is 2.14. The van der Waals surface area contributed by atoms with Crippen LogP contribution in [0, 0.1) is 11.7 Å². The van der Waals surface area contributed by atoms with Crippen molar-refractivity contribution < 1.29 is 9.18 Å². The Hall–Kier alpha value is -1.18. The van der Waals surface area contributed by atoms with Crippen LogP contribution in [0.1, 0.15) is 24.0 Å². The predicted octanol–water partition coefficient (Wildman–Crippen LogP) is 2.52. The van der Waals surface area contributed by atoms with Gasteiger partial charge in [0, 0.05) is 6.42 Å². The summed E-state index contributed by atoms with van der Waals surface area (Å²) in [6, 6.07) is 4.98. The zero-order chi connectivity index (χ0) is 9.97. The molecule has 0 saturated carbocycles. The van der Waals surface area contributed by atoms with E-state index in [-0.39, 0.29) is 5.82 Å². The Morgan fingerprint density at radius 3 is 3.07 bits per heavy atom. The Balaban J connectivity index is 2.20. The first-order valence-corrected chi connectivity index (χ1v) is 5.00. The Morgan fingerprint density at radius 1 is 1.43 bits per heavy atom. The van der Waals surface area contributed by atoms with Crippen molar-refractivity contribution in [3.05, 3.63) is 35.1 Å². The number of hydrogen-bond donors (Lipinski definition) is 0. The molecule has 1 unspecified atom stereocenters. The molecule has 0 amide bonds. The second kappa shape index (κ2) is 3.91. The molecular weight excluding hydrogens is 179 g/mol. The fourth-order valence-corrected chi connectivity index (χ4v) is 2.14. The maximum atomic E-state index is 12.9. The van der Waals surface area contributed by atoms with E-state index in [9.17, 15) is 9.18 Å². The molecule has 0 saturated heterocycles. The van der Waals surface area contributed by atoms with E-state index < -0.39 is 0 Å². The van der Waals surface area contributed by atoms with Crippen LogP contribution in [0.25, 0.3) is 0 Å². The van der Waals surface area contributed by atoms with E-state index in [1.807, 2.05) is 6.07 Å². The molecule has 0 N–H and O–H groups in total. The van der Waals surface area contributed by atoms with E-state index in [1.165, 1.54) is 11.6 Å². The van der Waals surface area contributed by atoms with Crippen LogP contribution in [0.4, 0.5) is 4.39 Å². The molecule has 2 rings (SSSR count). The molecule has 1 aromatic carbocycles. The molecule has 1 nitrogen and oxygen atoms in total. The Kier molecular flexibility index (Phi) is 2.62. The third-order valence-corrected chi connectivity index (χ3v) is 2.93. The molecule has 2 heteroatoms. The molecule has 0 aliphatic heterocycles. The SMILES string of the molecule is O=CCC1CCc2ccc(F)cc2C1. The minimum absolute atomic E-state index is 0.171. The zero-order valence-electron chi connectivity index (χ0n) is 8.00. The fraction of sp³-hybridized carbons (Fsp3) is 0.417. The first kappa shape index (κ1) is 9.38.